The third kappa shape index (κ3) is 0.0873. The van der Waals surface area contributed by atoms with E-state index >= 15 is 0 Å². The molecule has 8 atom stereocenters. The van der Waals surface area contributed by atoms with Crippen LogP contribution in [0.2, 0.25) is 95.3 Å². The third-order valence-electron chi connectivity index (χ3n) is 30.9. The fraction of sp³-hybridized carbons (Fsp3) is 0.957. The van der Waals surface area contributed by atoms with Gasteiger partial charge in [0.15, 0.2) is 0 Å². The summed E-state index contributed by atoms with van der Waals surface area (Å²) in [4.78, 5) is 37.9. The number of hydrogen-bond acceptors (Lipinski definition) is 2. The van der Waals surface area contributed by atoms with Crippen LogP contribution in [0.25, 0.3) is 0 Å². The van der Waals surface area contributed by atoms with Gasteiger partial charge in [-0.15, -0.1) is 0 Å². The molecule has 0 saturated carbocycles. The molecule has 20 aliphatic heterocycles. The second kappa shape index (κ2) is 0.711. The van der Waals surface area contributed by atoms with Crippen molar-refractivity contribution in [2.75, 3.05) is 6.54 Å². The predicted octanol–water partition coefficient (Wildman–Crippen LogP) is 4.95. The van der Waals surface area contributed by atoms with E-state index in [0.717, 1.165) is 14.7 Å². The summed E-state index contributed by atoms with van der Waals surface area (Å²) in [6, 6.07) is 0.940. The Hall–Kier alpha value is 0.469. The van der Waals surface area contributed by atoms with Gasteiger partial charge >= 0.3 is 143 Å². The van der Waals surface area contributed by atoms with Crippen LogP contribution in [0, 0.1) is 0 Å². The molecule has 0 aromatic rings. The van der Waals surface area contributed by atoms with Crippen molar-refractivity contribution in [1.82, 2.24) is 5.32 Å². The first-order chi connectivity index (χ1) is 13.1. The molecule has 0 aromatic heterocycles. The predicted molar refractivity (Wildman–Crippen MR) is 93.9 cm³/mol. The number of hydrogen-bond donors (Lipinski definition) is 2. The molecule has 0 aliphatic carbocycles. The Morgan fingerprint density at radius 3 is 1.18 bits per heavy atom. The monoisotopic (exact) mass is 456 g/mol. The van der Waals surface area contributed by atoms with Crippen LogP contribution in [0.1, 0.15) is 0 Å². The van der Waals surface area contributed by atoms with Gasteiger partial charge in [0.2, 0.25) is 0 Å². The quantitative estimate of drug-likeness (QED) is 0.576. The molecule has 3 nitrogen and oxygen atoms in total. The van der Waals surface area contributed by atoms with E-state index in [4.69, 9.17) is 5.73 Å². The molecular weight excluding hydrogens is 432 g/mol. The van der Waals surface area contributed by atoms with Gasteiger partial charge in [-0.1, -0.05) is 0 Å². The normalized spacial score (nSPS) is 144. The summed E-state index contributed by atoms with van der Waals surface area (Å²) in [6.07, 6.45) is 0. The van der Waals surface area contributed by atoms with Crippen molar-refractivity contribution in [2.24, 2.45) is 5.73 Å². The van der Waals surface area contributed by atoms with E-state index in [1.54, 1.807) is 0 Å². The summed E-state index contributed by atoms with van der Waals surface area (Å²) in [5.41, 5.74) is 5.83. The molecule has 2 spiro atoms. The van der Waals surface area contributed by atoms with Gasteiger partial charge in [-0.2, -0.15) is 0 Å². The number of amides is 1. The maximum absolute atomic E-state index is 12.1. The molecule has 3 N–H and O–H groups in total. The second-order valence-electron chi connectivity index (χ2n) is 20.8. The van der Waals surface area contributed by atoms with E-state index in [-0.39, 0.29) is 5.91 Å². The zero-order valence-electron chi connectivity index (χ0n) is 15.4. The van der Waals surface area contributed by atoms with Gasteiger partial charge in [-0.25, -0.2) is 0 Å². The van der Waals surface area contributed by atoms with Crippen LogP contribution in [0.3, 0.4) is 0 Å². The van der Waals surface area contributed by atoms with Crippen molar-refractivity contribution in [3.8, 4) is 0 Å². The third-order valence-corrected chi connectivity index (χ3v) is 116. The molecule has 148 valence electrons. The second-order valence-corrected chi connectivity index (χ2v) is 68.0. The van der Waals surface area contributed by atoms with Crippen LogP contribution in [-0.2, 0) is 17.8 Å². The number of carbonyl (C=O) groups excluding carboxylic acids is 1. The number of fused-ring (bicyclic) bond motifs is 20. The van der Waals surface area contributed by atoms with Crippen LogP contribution < -0.4 is 11.1 Å². The Balaban J connectivity index is 1.09. The fourth-order valence-corrected chi connectivity index (χ4v) is 185. The summed E-state index contributed by atoms with van der Waals surface area (Å²) in [6.45, 7) is -5.76. The van der Waals surface area contributed by atoms with Gasteiger partial charge in [0.05, 0.1) is 0 Å². The summed E-state index contributed by atoms with van der Waals surface area (Å²) in [5.74, 6) is -0.0386. The van der Waals surface area contributed by atoms with E-state index in [0.29, 0.717) is 6.54 Å². The van der Waals surface area contributed by atoms with Crippen molar-refractivity contribution >= 4 is 5.91 Å². The van der Waals surface area contributed by atoms with Crippen molar-refractivity contribution in [2.45, 2.75) is 101 Å². The molecule has 28 heavy (non-hydrogen) atoms. The number of carbonyl (C=O) groups is 1. The summed E-state index contributed by atoms with van der Waals surface area (Å²) < 4.78 is 1.96. The van der Waals surface area contributed by atoms with E-state index in [9.17, 15) is 4.79 Å². The van der Waals surface area contributed by atoms with Crippen LogP contribution in [0.4, 0.5) is 0 Å². The van der Waals surface area contributed by atoms with Gasteiger partial charge < -0.3 is 0 Å². The van der Waals surface area contributed by atoms with Crippen molar-refractivity contribution in [3.05, 3.63) is 0 Å². The number of nitrogens with one attached hydrogen (secondary N) is 1. The zero-order valence-corrected chi connectivity index (χ0v) is 17.6. The molecule has 0 bridgehead atoms. The topological polar surface area (TPSA) is 55.1 Å². The molecule has 0 aromatic carbocycles. The molecule has 0 radical (unpaired) electrons. The summed E-state index contributed by atoms with van der Waals surface area (Å²) in [7, 11) is 0. The molecule has 5 heteroatoms. The average Bonchev–Trinajstić information content (AvgIpc) is 3.56. The maximum atomic E-state index is 12.1. The van der Waals surface area contributed by atoms with Gasteiger partial charge in [-0.3, -0.25) is 0 Å². The molecule has 1 amide bonds. The first kappa shape index (κ1) is 9.53. The first-order valence-electron chi connectivity index (χ1n) is 12.6. The van der Waals surface area contributed by atoms with E-state index in [1.807, 2.05) is 0 Å². The van der Waals surface area contributed by atoms with E-state index < -0.39 is 13.0 Å². The van der Waals surface area contributed by atoms with Gasteiger partial charge in [0.25, 0.3) is 0 Å². The minimum atomic E-state index is -3.16. The Bertz CT molecular complexity index is 1860. The first-order valence-corrected chi connectivity index (χ1v) is 25.2. The fourth-order valence-electron chi connectivity index (χ4n) is 35.2. The zero-order chi connectivity index (χ0) is 16.6. The molecule has 20 fully saturated rings. The van der Waals surface area contributed by atoms with Gasteiger partial charge in [-0.05, 0) is 0 Å². The van der Waals surface area contributed by atoms with Crippen LogP contribution in [-0.4, -0.2) is 18.5 Å². The van der Waals surface area contributed by atoms with E-state index in [2.05, 4.69) is 5.32 Å². The molecule has 20 rings (SSSR count). The van der Waals surface area contributed by atoms with Crippen molar-refractivity contribution in [3.63, 3.8) is 0 Å². The van der Waals surface area contributed by atoms with Gasteiger partial charge in [0.1, 0.15) is 0 Å². The Morgan fingerprint density at radius 2 is 1.00 bits per heavy atom. The molecule has 20 aliphatic rings. The number of nitrogens with two attached hydrogens (primary N) is 1. The number of rotatable bonds is 5. The van der Waals surface area contributed by atoms with Crippen LogP contribution in [0.15, 0.2) is 0 Å². The molecule has 8 unspecified atom stereocenters. The Kier molecular flexibility index (Phi) is 0.242. The van der Waals surface area contributed by atoms with Crippen LogP contribution in [0.5, 0.6) is 0 Å². The Labute approximate surface area is 142 Å². The Morgan fingerprint density at radius 1 is 0.679 bits per heavy atom. The van der Waals surface area contributed by atoms with Crippen molar-refractivity contribution < 1.29 is 17.8 Å². The SMILES string of the molecule is NC(=O)CNC([C]12[CH]3[CH]4[CH]5[CH]1[Fe]45321678[CH]2[CH]1[CH]6[CH]7[CH]28)[C]12[CH]3[CH]4[CH]5[CH]1[Fe]45321678[CH]2[CH]1[CH]6[CH]7[CH]28. The standard InChI is InChI=1S/C13H14N2O.2C5H5.2Fe/c14-12(16)9-15-13(10-5-1-2-6-10)11-7-3-4-8-11;2*1-2-4-5-3-1;;/h1-8,13,15H,9H2,(H2,14,16);2*1-5H;;. The molecule has 20 heterocycles. The minimum absolute atomic E-state index is 0.0386. The van der Waals surface area contributed by atoms with Crippen molar-refractivity contribution in [1.29, 1.82) is 0 Å². The average molecular weight is 456 g/mol. The molecular formula is C23H24Fe2N2O. The van der Waals surface area contributed by atoms with Crippen LogP contribution >= 0.6 is 0 Å². The summed E-state index contributed by atoms with van der Waals surface area (Å²) in [5, 5.41) is 4.26. The summed E-state index contributed by atoms with van der Waals surface area (Å²) >= 11 is 0. The molecule has 20 saturated heterocycles. The number of primary amides is 1. The van der Waals surface area contributed by atoms with Gasteiger partial charge in [0, 0.05) is 0 Å². The van der Waals surface area contributed by atoms with E-state index in [1.165, 1.54) is 86.7 Å².